The lowest BCUT2D eigenvalue weighted by atomic mass is 10.1. The maximum Gasteiger partial charge on any atom is 0.150 e. The maximum atomic E-state index is 13.2. The Morgan fingerprint density at radius 1 is 1.15 bits per heavy atom. The Kier molecular flexibility index (Phi) is 4.06. The van der Waals surface area contributed by atoms with Gasteiger partial charge in [0.25, 0.3) is 0 Å². The van der Waals surface area contributed by atoms with Gasteiger partial charge in [0, 0.05) is 17.2 Å². The topological polar surface area (TPSA) is 50.1 Å². The predicted octanol–water partition coefficient (Wildman–Crippen LogP) is 3.23. The van der Waals surface area contributed by atoms with E-state index in [0.717, 1.165) is 12.1 Å². The summed E-state index contributed by atoms with van der Waals surface area (Å²) in [6.07, 6.45) is 0.499. The van der Waals surface area contributed by atoms with E-state index in [-0.39, 0.29) is 23.5 Å². The minimum Gasteiger partial charge on any atom is -0.489 e. The fraction of sp³-hybridized carbons (Fsp3) is 0.0667. The maximum absolute atomic E-state index is 13.2. The van der Waals surface area contributed by atoms with Gasteiger partial charge in [0.1, 0.15) is 30.3 Å². The van der Waals surface area contributed by atoms with Crippen LogP contribution in [0.1, 0.15) is 21.5 Å². The van der Waals surface area contributed by atoms with Crippen LogP contribution in [0.25, 0.3) is 0 Å². The minimum atomic E-state index is -0.607. The zero-order valence-electron chi connectivity index (χ0n) is 10.3. The Balaban J connectivity index is 2.21. The van der Waals surface area contributed by atoms with Crippen LogP contribution in [-0.4, -0.2) is 6.29 Å². The molecule has 20 heavy (non-hydrogen) atoms. The van der Waals surface area contributed by atoms with E-state index in [1.54, 1.807) is 0 Å². The molecule has 0 radical (unpaired) electrons. The molecule has 3 nitrogen and oxygen atoms in total. The summed E-state index contributed by atoms with van der Waals surface area (Å²) in [5.74, 6) is -0.958. The Morgan fingerprint density at radius 3 is 2.65 bits per heavy atom. The zero-order valence-corrected chi connectivity index (χ0v) is 10.3. The van der Waals surface area contributed by atoms with Gasteiger partial charge in [0.15, 0.2) is 0 Å². The quantitative estimate of drug-likeness (QED) is 0.803. The summed E-state index contributed by atoms with van der Waals surface area (Å²) in [4.78, 5) is 10.6. The number of nitriles is 1. The number of hydrogen-bond acceptors (Lipinski definition) is 3. The van der Waals surface area contributed by atoms with Gasteiger partial charge in [-0.3, -0.25) is 4.79 Å². The Morgan fingerprint density at radius 2 is 1.95 bits per heavy atom. The molecule has 0 aliphatic heterocycles. The molecular weight excluding hydrogens is 264 g/mol. The van der Waals surface area contributed by atoms with Crippen molar-refractivity contribution >= 4 is 6.29 Å². The second kappa shape index (κ2) is 5.93. The molecule has 0 N–H and O–H groups in total. The molecule has 0 amide bonds. The lowest BCUT2D eigenvalue weighted by Crippen LogP contribution is -2.00. The molecule has 0 aliphatic carbocycles. The van der Waals surface area contributed by atoms with Gasteiger partial charge >= 0.3 is 0 Å². The SMILES string of the molecule is N#Cc1ccc(F)cc1COc1cc(F)cc(C=O)c1. The van der Waals surface area contributed by atoms with Crippen LogP contribution in [-0.2, 0) is 6.61 Å². The second-order valence-electron chi connectivity index (χ2n) is 4.04. The normalized spacial score (nSPS) is 9.85. The number of carbonyl (C=O) groups excluding carboxylic acids is 1. The first-order valence-corrected chi connectivity index (χ1v) is 5.69. The van der Waals surface area contributed by atoms with E-state index in [4.69, 9.17) is 10.00 Å². The van der Waals surface area contributed by atoms with Crippen LogP contribution < -0.4 is 4.74 Å². The van der Waals surface area contributed by atoms with Crippen LogP contribution in [0.15, 0.2) is 36.4 Å². The summed E-state index contributed by atoms with van der Waals surface area (Å²) in [6.45, 7) is -0.0948. The fourth-order valence-electron chi connectivity index (χ4n) is 1.69. The molecule has 0 aromatic heterocycles. The van der Waals surface area contributed by atoms with Gasteiger partial charge in [-0.2, -0.15) is 5.26 Å². The molecule has 2 aromatic carbocycles. The van der Waals surface area contributed by atoms with Crippen LogP contribution in [0.3, 0.4) is 0 Å². The van der Waals surface area contributed by atoms with E-state index < -0.39 is 11.6 Å². The summed E-state index contributed by atoms with van der Waals surface area (Å²) < 4.78 is 31.6. The zero-order chi connectivity index (χ0) is 14.5. The molecule has 0 aliphatic rings. The molecule has 0 fully saturated rings. The molecule has 100 valence electrons. The van der Waals surface area contributed by atoms with Crippen LogP contribution in [0, 0.1) is 23.0 Å². The smallest absolute Gasteiger partial charge is 0.150 e. The third-order valence-electron chi connectivity index (χ3n) is 2.61. The summed E-state index contributed by atoms with van der Waals surface area (Å²) in [6, 6.07) is 9.16. The number of rotatable bonds is 4. The molecule has 0 atom stereocenters. The molecule has 5 heteroatoms. The minimum absolute atomic E-state index is 0.0948. The summed E-state index contributed by atoms with van der Waals surface area (Å²) in [5.41, 5.74) is 0.766. The number of halogens is 2. The van der Waals surface area contributed by atoms with E-state index in [1.807, 2.05) is 6.07 Å². The number of benzene rings is 2. The molecule has 0 bridgehead atoms. The van der Waals surface area contributed by atoms with E-state index in [2.05, 4.69) is 0 Å². The third-order valence-corrected chi connectivity index (χ3v) is 2.61. The lowest BCUT2D eigenvalue weighted by Gasteiger charge is -2.08. The molecule has 0 spiro atoms. The molecule has 2 rings (SSSR count). The summed E-state index contributed by atoms with van der Waals surface area (Å²) in [7, 11) is 0. The first-order chi connectivity index (χ1) is 9.62. The van der Waals surface area contributed by atoms with Gasteiger partial charge in [-0.25, -0.2) is 8.78 Å². The second-order valence-corrected chi connectivity index (χ2v) is 4.04. The van der Waals surface area contributed by atoms with E-state index in [9.17, 15) is 13.6 Å². The number of nitrogens with zero attached hydrogens (tertiary/aromatic N) is 1. The molecule has 0 unspecified atom stereocenters. The van der Waals surface area contributed by atoms with Crippen molar-refractivity contribution in [1.29, 1.82) is 5.26 Å². The number of hydrogen-bond donors (Lipinski definition) is 0. The highest BCUT2D eigenvalue weighted by Gasteiger charge is 2.06. The highest BCUT2D eigenvalue weighted by molar-refractivity contribution is 5.75. The van der Waals surface area contributed by atoms with Gasteiger partial charge in [-0.1, -0.05) is 0 Å². The molecule has 0 heterocycles. The Hall–Kier alpha value is -2.74. The molecule has 2 aromatic rings. The van der Waals surface area contributed by atoms with Gasteiger partial charge in [0.2, 0.25) is 0 Å². The first kappa shape index (κ1) is 13.7. The van der Waals surface area contributed by atoms with Gasteiger partial charge in [-0.15, -0.1) is 0 Å². The third kappa shape index (κ3) is 3.18. The monoisotopic (exact) mass is 273 g/mol. The van der Waals surface area contributed by atoms with Crippen molar-refractivity contribution in [3.05, 3.63) is 64.7 Å². The Labute approximate surface area is 114 Å². The van der Waals surface area contributed by atoms with Crippen molar-refractivity contribution in [2.24, 2.45) is 0 Å². The van der Waals surface area contributed by atoms with Crippen molar-refractivity contribution < 1.29 is 18.3 Å². The number of ether oxygens (including phenoxy) is 1. The number of carbonyl (C=O) groups is 1. The average Bonchev–Trinajstić information content (AvgIpc) is 2.44. The fourth-order valence-corrected chi connectivity index (χ4v) is 1.69. The average molecular weight is 273 g/mol. The molecular formula is C15H9F2NO2. The highest BCUT2D eigenvalue weighted by Crippen LogP contribution is 2.18. The standard InChI is InChI=1S/C15H9F2NO2/c16-13-2-1-11(7-18)12(5-13)9-20-15-4-10(8-19)3-14(17)6-15/h1-6,8H,9H2. The predicted molar refractivity (Wildman–Crippen MR) is 67.2 cm³/mol. The lowest BCUT2D eigenvalue weighted by molar-refractivity contribution is 0.112. The van der Waals surface area contributed by atoms with Crippen molar-refractivity contribution in [1.82, 2.24) is 0 Å². The van der Waals surface area contributed by atoms with Crippen LogP contribution >= 0.6 is 0 Å². The summed E-state index contributed by atoms with van der Waals surface area (Å²) in [5, 5.41) is 8.90. The van der Waals surface area contributed by atoms with Crippen LogP contribution in [0.2, 0.25) is 0 Å². The number of aldehydes is 1. The van der Waals surface area contributed by atoms with Crippen LogP contribution in [0.5, 0.6) is 5.75 Å². The highest BCUT2D eigenvalue weighted by atomic mass is 19.1. The first-order valence-electron chi connectivity index (χ1n) is 5.69. The van der Waals surface area contributed by atoms with Gasteiger partial charge in [0.05, 0.1) is 11.6 Å². The van der Waals surface area contributed by atoms with Crippen molar-refractivity contribution in [3.63, 3.8) is 0 Å². The van der Waals surface area contributed by atoms with Gasteiger partial charge in [-0.05, 0) is 30.3 Å². The molecule has 0 saturated heterocycles. The largest absolute Gasteiger partial charge is 0.489 e. The van der Waals surface area contributed by atoms with E-state index >= 15 is 0 Å². The van der Waals surface area contributed by atoms with Crippen molar-refractivity contribution in [2.75, 3.05) is 0 Å². The molecule has 0 saturated carbocycles. The van der Waals surface area contributed by atoms with Crippen LogP contribution in [0.4, 0.5) is 8.78 Å². The van der Waals surface area contributed by atoms with Gasteiger partial charge < -0.3 is 4.74 Å². The van der Waals surface area contributed by atoms with E-state index in [0.29, 0.717) is 11.8 Å². The van der Waals surface area contributed by atoms with E-state index in [1.165, 1.54) is 24.3 Å². The van der Waals surface area contributed by atoms with Crippen molar-refractivity contribution in [2.45, 2.75) is 6.61 Å². The van der Waals surface area contributed by atoms with Crippen molar-refractivity contribution in [3.8, 4) is 11.8 Å². The Bertz CT molecular complexity index is 693. The summed E-state index contributed by atoms with van der Waals surface area (Å²) >= 11 is 0.